The second-order valence-electron chi connectivity index (χ2n) is 5.56. The fraction of sp³-hybridized carbons (Fsp3) is 0.353. The molecule has 0 bridgehead atoms. The number of rotatable bonds is 6. The first kappa shape index (κ1) is 16.3. The molecule has 2 N–H and O–H groups in total. The van der Waals surface area contributed by atoms with Gasteiger partial charge in [-0.1, -0.05) is 18.2 Å². The molecule has 0 spiro atoms. The summed E-state index contributed by atoms with van der Waals surface area (Å²) in [5.74, 6) is 0.552. The van der Waals surface area contributed by atoms with E-state index in [0.717, 1.165) is 12.8 Å². The van der Waals surface area contributed by atoms with Crippen molar-refractivity contribution in [3.8, 4) is 0 Å². The van der Waals surface area contributed by atoms with Gasteiger partial charge in [-0.25, -0.2) is 4.39 Å². The number of nitrogens with zero attached hydrogens (tertiary/aromatic N) is 2. The normalized spacial score (nSPS) is 16.8. The van der Waals surface area contributed by atoms with Crippen molar-refractivity contribution in [1.82, 2.24) is 10.2 Å². The molecule has 0 radical (unpaired) electrons. The summed E-state index contributed by atoms with van der Waals surface area (Å²) in [6.07, 6.45) is 1.78. The Balaban J connectivity index is 1.47. The second-order valence-corrected chi connectivity index (χ2v) is 5.56. The Morgan fingerprint density at radius 2 is 2.00 bits per heavy atom. The molecule has 1 amide bonds. The molecule has 7 heteroatoms. The van der Waals surface area contributed by atoms with Crippen LogP contribution in [-0.4, -0.2) is 35.4 Å². The van der Waals surface area contributed by atoms with E-state index in [2.05, 4.69) is 20.8 Å². The number of carbonyl (C=O) groups excluding carboxylic acids is 1. The molecule has 1 aromatic carbocycles. The van der Waals surface area contributed by atoms with E-state index in [1.165, 1.54) is 6.07 Å². The maximum absolute atomic E-state index is 13.5. The van der Waals surface area contributed by atoms with Gasteiger partial charge in [0, 0.05) is 13.2 Å². The van der Waals surface area contributed by atoms with Gasteiger partial charge in [0.1, 0.15) is 17.7 Å². The molecule has 6 nitrogen and oxygen atoms in total. The monoisotopic (exact) mass is 330 g/mol. The third kappa shape index (κ3) is 4.26. The van der Waals surface area contributed by atoms with Crippen molar-refractivity contribution in [2.75, 3.05) is 23.8 Å². The Morgan fingerprint density at radius 3 is 2.71 bits per heavy atom. The molecular formula is C17H19FN4O2. The van der Waals surface area contributed by atoms with Crippen molar-refractivity contribution in [3.63, 3.8) is 0 Å². The molecule has 126 valence electrons. The second kappa shape index (κ2) is 7.83. The molecule has 0 saturated carbocycles. The summed E-state index contributed by atoms with van der Waals surface area (Å²) in [4.78, 5) is 11.9. The molecule has 1 saturated heterocycles. The summed E-state index contributed by atoms with van der Waals surface area (Å²) >= 11 is 0. The predicted octanol–water partition coefficient (Wildman–Crippen LogP) is 2.39. The summed E-state index contributed by atoms with van der Waals surface area (Å²) in [6, 6.07) is 10.1. The number of carbonyl (C=O) groups is 1. The minimum absolute atomic E-state index is 0.193. The van der Waals surface area contributed by atoms with Crippen LogP contribution in [0, 0.1) is 5.82 Å². The molecule has 1 fully saturated rings. The van der Waals surface area contributed by atoms with Crippen LogP contribution >= 0.6 is 0 Å². The van der Waals surface area contributed by atoms with Crippen LogP contribution in [0.25, 0.3) is 0 Å². The number of nitrogens with one attached hydrogen (secondary N) is 2. The lowest BCUT2D eigenvalue weighted by atomic mass is 10.1. The Morgan fingerprint density at radius 1 is 1.21 bits per heavy atom. The predicted molar refractivity (Wildman–Crippen MR) is 88.2 cm³/mol. The van der Waals surface area contributed by atoms with E-state index in [9.17, 15) is 9.18 Å². The zero-order chi connectivity index (χ0) is 16.8. The molecule has 2 heterocycles. The molecule has 24 heavy (non-hydrogen) atoms. The number of aromatic nitrogens is 2. The highest BCUT2D eigenvalue weighted by atomic mass is 19.1. The van der Waals surface area contributed by atoms with Crippen molar-refractivity contribution in [3.05, 3.63) is 47.8 Å². The SMILES string of the molecule is O=C(Nc1ccc(NCCc2ccccc2F)nn1)C1CCCO1. The van der Waals surface area contributed by atoms with Crippen LogP contribution in [0.5, 0.6) is 0 Å². The fourth-order valence-electron chi connectivity index (χ4n) is 2.51. The Labute approximate surface area is 139 Å². The number of halogens is 1. The minimum Gasteiger partial charge on any atom is -0.368 e. The Hall–Kier alpha value is -2.54. The largest absolute Gasteiger partial charge is 0.368 e. The number of amides is 1. The number of hydrogen-bond donors (Lipinski definition) is 2. The van der Waals surface area contributed by atoms with Crippen LogP contribution in [0.15, 0.2) is 36.4 Å². The lowest BCUT2D eigenvalue weighted by Gasteiger charge is -2.10. The molecule has 1 atom stereocenters. The third-order valence-electron chi connectivity index (χ3n) is 3.80. The lowest BCUT2D eigenvalue weighted by molar-refractivity contribution is -0.124. The highest BCUT2D eigenvalue weighted by Gasteiger charge is 2.23. The summed E-state index contributed by atoms with van der Waals surface area (Å²) in [5, 5.41) is 13.7. The average Bonchev–Trinajstić information content (AvgIpc) is 3.13. The van der Waals surface area contributed by atoms with Crippen molar-refractivity contribution in [2.45, 2.75) is 25.4 Å². The van der Waals surface area contributed by atoms with Gasteiger partial charge in [-0.2, -0.15) is 0 Å². The van der Waals surface area contributed by atoms with Gasteiger partial charge in [0.2, 0.25) is 0 Å². The van der Waals surface area contributed by atoms with Crippen molar-refractivity contribution in [2.24, 2.45) is 0 Å². The topological polar surface area (TPSA) is 76.1 Å². The van der Waals surface area contributed by atoms with Gasteiger partial charge in [-0.05, 0) is 43.0 Å². The first-order valence-corrected chi connectivity index (χ1v) is 7.96. The van der Waals surface area contributed by atoms with E-state index < -0.39 is 6.10 Å². The smallest absolute Gasteiger partial charge is 0.254 e. The molecule has 3 rings (SSSR count). The van der Waals surface area contributed by atoms with Crippen LogP contribution in [0.1, 0.15) is 18.4 Å². The first-order valence-electron chi connectivity index (χ1n) is 7.96. The summed E-state index contributed by atoms with van der Waals surface area (Å²) in [6.45, 7) is 1.16. The van der Waals surface area contributed by atoms with Crippen molar-refractivity contribution >= 4 is 17.5 Å². The first-order chi connectivity index (χ1) is 11.7. The molecule has 1 aliphatic rings. The zero-order valence-electron chi connectivity index (χ0n) is 13.2. The number of ether oxygens (including phenoxy) is 1. The van der Waals surface area contributed by atoms with Gasteiger partial charge in [0.15, 0.2) is 5.82 Å². The molecular weight excluding hydrogens is 311 g/mol. The van der Waals surface area contributed by atoms with Crippen LogP contribution in [0.2, 0.25) is 0 Å². The van der Waals surface area contributed by atoms with Gasteiger partial charge in [-0.3, -0.25) is 4.79 Å². The molecule has 0 aliphatic carbocycles. The lowest BCUT2D eigenvalue weighted by Crippen LogP contribution is -2.27. The van der Waals surface area contributed by atoms with Crippen molar-refractivity contribution in [1.29, 1.82) is 0 Å². The number of benzene rings is 1. The van der Waals surface area contributed by atoms with Gasteiger partial charge in [0.05, 0.1) is 0 Å². The van der Waals surface area contributed by atoms with Gasteiger partial charge >= 0.3 is 0 Å². The molecule has 1 aliphatic heterocycles. The highest BCUT2D eigenvalue weighted by Crippen LogP contribution is 2.14. The van der Waals surface area contributed by atoms with Crippen LogP contribution in [0.4, 0.5) is 16.0 Å². The standard InChI is InChI=1S/C17H19FN4O2/c18-13-5-2-1-4-12(13)9-10-19-15-7-8-16(22-21-15)20-17(23)14-6-3-11-24-14/h1-2,4-5,7-8,14H,3,6,9-11H2,(H,19,21)(H,20,22,23). The zero-order valence-corrected chi connectivity index (χ0v) is 13.2. The van der Waals surface area contributed by atoms with E-state index in [1.807, 2.05) is 6.07 Å². The quantitative estimate of drug-likeness (QED) is 0.850. The van der Waals surface area contributed by atoms with E-state index in [1.54, 1.807) is 24.3 Å². The molecule has 2 aromatic rings. The summed E-state index contributed by atoms with van der Waals surface area (Å²) in [5.41, 5.74) is 0.651. The van der Waals surface area contributed by atoms with E-state index in [0.29, 0.717) is 36.8 Å². The maximum atomic E-state index is 13.5. The summed E-state index contributed by atoms with van der Waals surface area (Å²) in [7, 11) is 0. The Kier molecular flexibility index (Phi) is 5.32. The van der Waals surface area contributed by atoms with Crippen molar-refractivity contribution < 1.29 is 13.9 Å². The molecule has 1 aromatic heterocycles. The van der Waals surface area contributed by atoms with Gasteiger partial charge in [0.25, 0.3) is 5.91 Å². The molecule has 1 unspecified atom stereocenters. The minimum atomic E-state index is -0.398. The van der Waals surface area contributed by atoms with Gasteiger partial charge < -0.3 is 15.4 Å². The Bertz CT molecular complexity index is 687. The average molecular weight is 330 g/mol. The maximum Gasteiger partial charge on any atom is 0.254 e. The highest BCUT2D eigenvalue weighted by molar-refractivity contribution is 5.93. The van der Waals surface area contributed by atoms with E-state index in [-0.39, 0.29) is 11.7 Å². The summed E-state index contributed by atoms with van der Waals surface area (Å²) < 4.78 is 18.8. The van der Waals surface area contributed by atoms with Crippen LogP contribution < -0.4 is 10.6 Å². The van der Waals surface area contributed by atoms with Crippen LogP contribution in [-0.2, 0) is 16.0 Å². The van der Waals surface area contributed by atoms with E-state index >= 15 is 0 Å². The van der Waals surface area contributed by atoms with Gasteiger partial charge in [-0.15, -0.1) is 10.2 Å². The number of anilines is 2. The van der Waals surface area contributed by atoms with Crippen LogP contribution in [0.3, 0.4) is 0 Å². The number of hydrogen-bond acceptors (Lipinski definition) is 5. The van der Waals surface area contributed by atoms with E-state index in [4.69, 9.17) is 4.74 Å². The fourth-order valence-corrected chi connectivity index (χ4v) is 2.51. The third-order valence-corrected chi connectivity index (χ3v) is 3.80.